The Kier molecular flexibility index (Phi) is 9.37. The standard InChI is InChI=1S/C11H16.C3H8.C2H6/c1-3-7-11(8-4-1)9-5-2-6-10-11;1-3-2;1-2/h1,3-4,7H,2,5-6,8-10H2;3H2,1-2H3;1-2H3. The molecule has 94 valence electrons. The molecule has 0 atom stereocenters. The van der Waals surface area contributed by atoms with E-state index >= 15 is 0 Å². The summed E-state index contributed by atoms with van der Waals surface area (Å²) >= 11 is 0. The van der Waals surface area contributed by atoms with Crippen molar-refractivity contribution in [2.24, 2.45) is 5.41 Å². The Morgan fingerprint density at radius 2 is 1.50 bits per heavy atom. The largest absolute Gasteiger partial charge is 0.0837 e. The summed E-state index contributed by atoms with van der Waals surface area (Å²) in [6.07, 6.45) is 18.9. The molecular formula is C16H30. The van der Waals surface area contributed by atoms with Crippen LogP contribution in [0.25, 0.3) is 0 Å². The molecule has 16 heavy (non-hydrogen) atoms. The minimum absolute atomic E-state index is 0.590. The molecule has 1 spiro atoms. The molecule has 2 aliphatic rings. The van der Waals surface area contributed by atoms with Gasteiger partial charge >= 0.3 is 0 Å². The van der Waals surface area contributed by atoms with Crippen LogP contribution >= 0.6 is 0 Å². The molecule has 0 aromatic carbocycles. The summed E-state index contributed by atoms with van der Waals surface area (Å²) < 4.78 is 0. The average Bonchev–Trinajstić information content (AvgIpc) is 2.35. The molecule has 1 saturated carbocycles. The highest BCUT2D eigenvalue weighted by Gasteiger charge is 2.28. The Morgan fingerprint density at radius 3 is 1.94 bits per heavy atom. The second kappa shape index (κ2) is 9.69. The first-order chi connectivity index (χ1) is 7.83. The molecule has 0 aromatic rings. The van der Waals surface area contributed by atoms with Gasteiger partial charge < -0.3 is 0 Å². The lowest BCUT2D eigenvalue weighted by molar-refractivity contribution is 0.258. The van der Waals surface area contributed by atoms with Crippen LogP contribution in [0.2, 0.25) is 0 Å². The fraction of sp³-hybridized carbons (Fsp3) is 0.750. The maximum Gasteiger partial charge on any atom is -0.00805 e. The molecule has 0 radical (unpaired) electrons. The van der Waals surface area contributed by atoms with Gasteiger partial charge in [0.05, 0.1) is 0 Å². The topological polar surface area (TPSA) is 0 Å². The second-order valence-electron chi connectivity index (χ2n) is 4.62. The molecule has 0 aliphatic heterocycles. The molecule has 0 heteroatoms. The summed E-state index contributed by atoms with van der Waals surface area (Å²) in [5.41, 5.74) is 0.590. The molecule has 2 rings (SSSR count). The fourth-order valence-electron chi connectivity index (χ4n) is 2.34. The van der Waals surface area contributed by atoms with Crippen LogP contribution in [0.1, 0.15) is 72.6 Å². The molecular weight excluding hydrogens is 192 g/mol. The highest BCUT2D eigenvalue weighted by Crippen LogP contribution is 2.42. The monoisotopic (exact) mass is 222 g/mol. The predicted molar refractivity (Wildman–Crippen MR) is 75.7 cm³/mol. The SMILES string of the molecule is C1=CCC2(C=C1)CCCCC2.CC.CCC. The van der Waals surface area contributed by atoms with E-state index in [0.29, 0.717) is 5.41 Å². The normalized spacial score (nSPS) is 20.5. The lowest BCUT2D eigenvalue weighted by Gasteiger charge is -2.34. The van der Waals surface area contributed by atoms with E-state index in [4.69, 9.17) is 0 Å². The molecule has 2 aliphatic carbocycles. The molecule has 0 aromatic heterocycles. The first-order valence-electron chi connectivity index (χ1n) is 7.17. The molecule has 0 bridgehead atoms. The first kappa shape index (κ1) is 15.5. The van der Waals surface area contributed by atoms with Crippen LogP contribution in [0.4, 0.5) is 0 Å². The van der Waals surface area contributed by atoms with Crippen LogP contribution in [0.5, 0.6) is 0 Å². The Balaban J connectivity index is 0.000000394. The summed E-state index contributed by atoms with van der Waals surface area (Å²) in [6, 6.07) is 0. The van der Waals surface area contributed by atoms with Crippen molar-refractivity contribution < 1.29 is 0 Å². The molecule has 0 heterocycles. The van der Waals surface area contributed by atoms with Crippen LogP contribution in [-0.4, -0.2) is 0 Å². The molecule has 0 nitrogen and oxygen atoms in total. The van der Waals surface area contributed by atoms with Gasteiger partial charge in [0, 0.05) is 0 Å². The van der Waals surface area contributed by atoms with Gasteiger partial charge in [-0.2, -0.15) is 0 Å². The first-order valence-corrected chi connectivity index (χ1v) is 7.17. The van der Waals surface area contributed by atoms with Gasteiger partial charge in [-0.25, -0.2) is 0 Å². The highest BCUT2D eigenvalue weighted by atomic mass is 14.3. The van der Waals surface area contributed by atoms with Crippen molar-refractivity contribution in [3.63, 3.8) is 0 Å². The third-order valence-corrected chi connectivity index (χ3v) is 3.07. The molecule has 0 amide bonds. The van der Waals surface area contributed by atoms with Gasteiger partial charge in [-0.15, -0.1) is 0 Å². The van der Waals surface area contributed by atoms with Crippen molar-refractivity contribution in [2.45, 2.75) is 72.6 Å². The van der Waals surface area contributed by atoms with Gasteiger partial charge in [0.2, 0.25) is 0 Å². The number of hydrogen-bond acceptors (Lipinski definition) is 0. The lowest BCUT2D eigenvalue weighted by atomic mass is 9.70. The van der Waals surface area contributed by atoms with Crippen LogP contribution in [0.15, 0.2) is 24.3 Å². The predicted octanol–water partition coefficient (Wildman–Crippen LogP) is 5.90. The van der Waals surface area contributed by atoms with Gasteiger partial charge in [0.1, 0.15) is 0 Å². The lowest BCUT2D eigenvalue weighted by Crippen LogP contribution is -2.21. The van der Waals surface area contributed by atoms with Gasteiger partial charge in [-0.1, -0.05) is 77.7 Å². The minimum Gasteiger partial charge on any atom is -0.0837 e. The van der Waals surface area contributed by atoms with E-state index in [1.807, 2.05) is 13.8 Å². The Labute approximate surface area is 103 Å². The van der Waals surface area contributed by atoms with Gasteiger partial charge in [-0.05, 0) is 24.7 Å². The van der Waals surface area contributed by atoms with E-state index in [9.17, 15) is 0 Å². The van der Waals surface area contributed by atoms with E-state index in [1.54, 1.807) is 0 Å². The molecule has 0 unspecified atom stereocenters. The van der Waals surface area contributed by atoms with Crippen LogP contribution in [-0.2, 0) is 0 Å². The summed E-state index contributed by atoms with van der Waals surface area (Å²) in [7, 11) is 0. The maximum absolute atomic E-state index is 2.44. The number of rotatable bonds is 0. The third-order valence-electron chi connectivity index (χ3n) is 3.07. The molecule has 1 fully saturated rings. The summed E-state index contributed by atoms with van der Waals surface area (Å²) in [4.78, 5) is 0. The zero-order chi connectivity index (χ0) is 12.3. The highest BCUT2D eigenvalue weighted by molar-refractivity contribution is 5.16. The van der Waals surface area contributed by atoms with Crippen molar-refractivity contribution in [2.75, 3.05) is 0 Å². The van der Waals surface area contributed by atoms with Gasteiger partial charge in [0.25, 0.3) is 0 Å². The Morgan fingerprint density at radius 1 is 0.938 bits per heavy atom. The quantitative estimate of drug-likeness (QED) is 0.479. The Bertz CT molecular complexity index is 192. The van der Waals surface area contributed by atoms with Crippen LogP contribution < -0.4 is 0 Å². The smallest absolute Gasteiger partial charge is 0.00805 e. The summed E-state index contributed by atoms with van der Waals surface area (Å²) in [5.74, 6) is 0. The number of allylic oxidation sites excluding steroid dienone is 4. The van der Waals surface area contributed by atoms with Crippen LogP contribution in [0, 0.1) is 5.41 Å². The van der Waals surface area contributed by atoms with E-state index < -0.39 is 0 Å². The van der Waals surface area contributed by atoms with Crippen molar-refractivity contribution >= 4 is 0 Å². The zero-order valence-electron chi connectivity index (χ0n) is 11.8. The van der Waals surface area contributed by atoms with E-state index in [2.05, 4.69) is 38.2 Å². The third kappa shape index (κ3) is 5.53. The van der Waals surface area contributed by atoms with Crippen molar-refractivity contribution in [1.29, 1.82) is 0 Å². The second-order valence-corrected chi connectivity index (χ2v) is 4.62. The summed E-state index contributed by atoms with van der Waals surface area (Å²) in [5, 5.41) is 0. The van der Waals surface area contributed by atoms with Crippen LogP contribution in [0.3, 0.4) is 0 Å². The van der Waals surface area contributed by atoms with Gasteiger partial charge in [-0.3, -0.25) is 0 Å². The maximum atomic E-state index is 2.44. The van der Waals surface area contributed by atoms with E-state index in [0.717, 1.165) is 0 Å². The van der Waals surface area contributed by atoms with Crippen molar-refractivity contribution in [1.82, 2.24) is 0 Å². The Hall–Kier alpha value is -0.520. The minimum atomic E-state index is 0.590. The van der Waals surface area contributed by atoms with Crippen molar-refractivity contribution in [3.8, 4) is 0 Å². The van der Waals surface area contributed by atoms with E-state index in [-0.39, 0.29) is 0 Å². The average molecular weight is 222 g/mol. The number of hydrogen-bond donors (Lipinski definition) is 0. The fourth-order valence-corrected chi connectivity index (χ4v) is 2.34. The zero-order valence-corrected chi connectivity index (χ0v) is 11.8. The summed E-state index contributed by atoms with van der Waals surface area (Å²) in [6.45, 7) is 8.25. The van der Waals surface area contributed by atoms with E-state index in [1.165, 1.54) is 44.9 Å². The molecule has 0 N–H and O–H groups in total. The van der Waals surface area contributed by atoms with Crippen molar-refractivity contribution in [3.05, 3.63) is 24.3 Å². The van der Waals surface area contributed by atoms with Gasteiger partial charge in [0.15, 0.2) is 0 Å². The molecule has 0 saturated heterocycles.